The zero-order chi connectivity index (χ0) is 16.2. The molecule has 1 fully saturated rings. The number of piperidine rings is 1. The smallest absolute Gasteiger partial charge is 0.137 e. The maximum absolute atomic E-state index is 10.7. The van der Waals surface area contributed by atoms with Crippen molar-refractivity contribution in [2.45, 2.75) is 25.5 Å². The Labute approximate surface area is 137 Å². The van der Waals surface area contributed by atoms with Crippen LogP contribution in [0.5, 0.6) is 5.75 Å². The van der Waals surface area contributed by atoms with E-state index in [0.29, 0.717) is 0 Å². The van der Waals surface area contributed by atoms with E-state index in [1.54, 1.807) is 13.3 Å². The van der Waals surface area contributed by atoms with Crippen LogP contribution in [0.2, 0.25) is 0 Å². The molecule has 0 amide bonds. The third kappa shape index (κ3) is 3.57. The molecule has 23 heavy (non-hydrogen) atoms. The van der Waals surface area contributed by atoms with E-state index < -0.39 is 6.10 Å². The standard InChI is InChI=1S/C18H25N3O2/c1-20-11-9-19-18(20)17(22)15-7-5-10-21(13-15)12-14-6-3-4-8-16(14)23-2/h3-4,6,8-9,11,15,17,22H,5,7,10,12-13H2,1-2H3. The quantitative estimate of drug-likeness (QED) is 0.920. The summed E-state index contributed by atoms with van der Waals surface area (Å²) >= 11 is 0. The first-order chi connectivity index (χ1) is 11.2. The molecule has 1 aliphatic heterocycles. The van der Waals surface area contributed by atoms with Crippen LogP contribution in [-0.4, -0.2) is 39.8 Å². The minimum Gasteiger partial charge on any atom is -0.496 e. The first-order valence-corrected chi connectivity index (χ1v) is 8.18. The minimum atomic E-state index is -0.504. The van der Waals surface area contributed by atoms with Gasteiger partial charge in [-0.25, -0.2) is 4.98 Å². The number of benzene rings is 1. The number of rotatable bonds is 5. The average Bonchev–Trinajstić information content (AvgIpc) is 3.01. The number of hydrogen-bond donors (Lipinski definition) is 1. The van der Waals surface area contributed by atoms with Gasteiger partial charge in [-0.05, 0) is 25.5 Å². The Morgan fingerprint density at radius 2 is 2.22 bits per heavy atom. The first kappa shape index (κ1) is 16.0. The predicted molar refractivity (Wildman–Crippen MR) is 89.2 cm³/mol. The summed E-state index contributed by atoms with van der Waals surface area (Å²) in [5.74, 6) is 1.91. The molecule has 0 saturated carbocycles. The highest BCUT2D eigenvalue weighted by Gasteiger charge is 2.29. The van der Waals surface area contributed by atoms with E-state index in [1.165, 1.54) is 5.56 Å². The zero-order valence-corrected chi connectivity index (χ0v) is 13.9. The zero-order valence-electron chi connectivity index (χ0n) is 13.9. The predicted octanol–water partition coefficient (Wildman–Crippen LogP) is 2.37. The lowest BCUT2D eigenvalue weighted by molar-refractivity contribution is 0.0402. The summed E-state index contributed by atoms with van der Waals surface area (Å²) in [4.78, 5) is 6.70. The van der Waals surface area contributed by atoms with Gasteiger partial charge in [0.25, 0.3) is 0 Å². The molecule has 1 aliphatic rings. The number of methoxy groups -OCH3 is 1. The third-order valence-electron chi connectivity index (χ3n) is 4.70. The summed E-state index contributed by atoms with van der Waals surface area (Å²) in [6, 6.07) is 8.14. The molecule has 5 heteroatoms. The average molecular weight is 315 g/mol. The van der Waals surface area contributed by atoms with Crippen molar-refractivity contribution in [2.75, 3.05) is 20.2 Å². The number of likely N-dealkylation sites (tertiary alicyclic amines) is 1. The Hall–Kier alpha value is -1.85. The number of ether oxygens (including phenoxy) is 1. The summed E-state index contributed by atoms with van der Waals surface area (Å²) in [5.41, 5.74) is 1.20. The van der Waals surface area contributed by atoms with Crippen LogP contribution in [0.1, 0.15) is 30.3 Å². The Kier molecular flexibility index (Phi) is 4.98. The molecular formula is C18H25N3O2. The molecule has 2 aromatic rings. The fraction of sp³-hybridized carbons (Fsp3) is 0.500. The molecular weight excluding hydrogens is 290 g/mol. The van der Waals surface area contributed by atoms with Gasteiger partial charge in [-0.3, -0.25) is 4.90 Å². The summed E-state index contributed by atoms with van der Waals surface area (Å²) in [6.07, 6.45) is 5.26. The second-order valence-electron chi connectivity index (χ2n) is 6.29. The summed E-state index contributed by atoms with van der Waals surface area (Å²) in [7, 11) is 3.64. The highest BCUT2D eigenvalue weighted by molar-refractivity contribution is 5.33. The van der Waals surface area contributed by atoms with Crippen LogP contribution < -0.4 is 4.74 Å². The molecule has 1 N–H and O–H groups in total. The van der Waals surface area contributed by atoms with E-state index in [4.69, 9.17) is 4.74 Å². The highest BCUT2D eigenvalue weighted by atomic mass is 16.5. The fourth-order valence-electron chi connectivity index (χ4n) is 3.44. The monoisotopic (exact) mass is 315 g/mol. The van der Waals surface area contributed by atoms with Gasteiger partial charge >= 0.3 is 0 Å². The van der Waals surface area contributed by atoms with Gasteiger partial charge in [0.2, 0.25) is 0 Å². The van der Waals surface area contributed by atoms with Crippen LogP contribution in [0.3, 0.4) is 0 Å². The lowest BCUT2D eigenvalue weighted by Gasteiger charge is -2.35. The maximum Gasteiger partial charge on any atom is 0.137 e. The fourth-order valence-corrected chi connectivity index (χ4v) is 3.44. The van der Waals surface area contributed by atoms with Crippen molar-refractivity contribution >= 4 is 0 Å². The van der Waals surface area contributed by atoms with Crippen molar-refractivity contribution in [3.05, 3.63) is 48.0 Å². The van der Waals surface area contributed by atoms with E-state index in [-0.39, 0.29) is 5.92 Å². The molecule has 2 unspecified atom stereocenters. The topological polar surface area (TPSA) is 50.5 Å². The first-order valence-electron chi connectivity index (χ1n) is 8.18. The molecule has 124 valence electrons. The SMILES string of the molecule is COc1ccccc1CN1CCCC(C(O)c2nccn2C)C1. The molecule has 1 saturated heterocycles. The Morgan fingerprint density at radius 3 is 2.96 bits per heavy atom. The van der Waals surface area contributed by atoms with Crippen molar-refractivity contribution in [1.29, 1.82) is 0 Å². The van der Waals surface area contributed by atoms with Gasteiger partial charge in [-0.1, -0.05) is 18.2 Å². The van der Waals surface area contributed by atoms with Crippen molar-refractivity contribution in [3.8, 4) is 5.75 Å². The van der Waals surface area contributed by atoms with Gasteiger partial charge in [-0.15, -0.1) is 0 Å². The van der Waals surface area contributed by atoms with Gasteiger partial charge in [0.15, 0.2) is 0 Å². The van der Waals surface area contributed by atoms with Gasteiger partial charge < -0.3 is 14.4 Å². The summed E-state index contributed by atoms with van der Waals surface area (Å²) in [5, 5.41) is 10.7. The van der Waals surface area contributed by atoms with Crippen LogP contribution in [0, 0.1) is 5.92 Å². The van der Waals surface area contributed by atoms with Gasteiger partial charge in [-0.2, -0.15) is 0 Å². The van der Waals surface area contributed by atoms with Gasteiger partial charge in [0.1, 0.15) is 17.7 Å². The lowest BCUT2D eigenvalue weighted by atomic mass is 9.91. The second kappa shape index (κ2) is 7.15. The van der Waals surface area contributed by atoms with Crippen LogP contribution in [0.4, 0.5) is 0 Å². The normalized spacial score (nSPS) is 20.4. The molecule has 2 heterocycles. The maximum atomic E-state index is 10.7. The van der Waals surface area contributed by atoms with Crippen molar-refractivity contribution in [2.24, 2.45) is 13.0 Å². The van der Waals surface area contributed by atoms with E-state index in [0.717, 1.165) is 44.0 Å². The van der Waals surface area contributed by atoms with Crippen molar-refractivity contribution in [3.63, 3.8) is 0 Å². The van der Waals surface area contributed by atoms with Crippen LogP contribution >= 0.6 is 0 Å². The number of aromatic nitrogens is 2. The molecule has 5 nitrogen and oxygen atoms in total. The van der Waals surface area contributed by atoms with Crippen LogP contribution in [0.15, 0.2) is 36.7 Å². The molecule has 1 aromatic carbocycles. The third-order valence-corrected chi connectivity index (χ3v) is 4.70. The lowest BCUT2D eigenvalue weighted by Crippen LogP contribution is -2.38. The minimum absolute atomic E-state index is 0.222. The Morgan fingerprint density at radius 1 is 1.39 bits per heavy atom. The Balaban J connectivity index is 1.67. The van der Waals surface area contributed by atoms with Crippen LogP contribution in [-0.2, 0) is 13.6 Å². The summed E-state index contributed by atoms with van der Waals surface area (Å²) < 4.78 is 7.35. The molecule has 0 bridgehead atoms. The van der Waals surface area contributed by atoms with Crippen molar-refractivity contribution < 1.29 is 9.84 Å². The number of para-hydroxylation sites is 1. The largest absolute Gasteiger partial charge is 0.496 e. The molecule has 0 aliphatic carbocycles. The molecule has 1 aromatic heterocycles. The van der Waals surface area contributed by atoms with E-state index >= 15 is 0 Å². The number of imidazole rings is 1. The molecule has 0 radical (unpaired) electrons. The Bertz CT molecular complexity index is 641. The van der Waals surface area contributed by atoms with Crippen molar-refractivity contribution in [1.82, 2.24) is 14.5 Å². The van der Waals surface area contributed by atoms with E-state index in [9.17, 15) is 5.11 Å². The number of aryl methyl sites for hydroxylation is 1. The molecule has 2 atom stereocenters. The van der Waals surface area contributed by atoms with E-state index in [1.807, 2.05) is 36.0 Å². The molecule has 3 rings (SSSR count). The molecule has 0 spiro atoms. The summed E-state index contributed by atoms with van der Waals surface area (Å²) in [6.45, 7) is 2.79. The number of hydrogen-bond acceptors (Lipinski definition) is 4. The van der Waals surface area contributed by atoms with Crippen LogP contribution in [0.25, 0.3) is 0 Å². The van der Waals surface area contributed by atoms with E-state index in [2.05, 4.69) is 16.0 Å². The van der Waals surface area contributed by atoms with Gasteiger partial charge in [0.05, 0.1) is 7.11 Å². The number of nitrogens with zero attached hydrogens (tertiary/aromatic N) is 3. The second-order valence-corrected chi connectivity index (χ2v) is 6.29. The van der Waals surface area contributed by atoms with Gasteiger partial charge in [0, 0.05) is 44.0 Å². The number of aliphatic hydroxyl groups excluding tert-OH is 1. The highest BCUT2D eigenvalue weighted by Crippen LogP contribution is 2.30. The number of aliphatic hydroxyl groups is 1.